The molecule has 0 radical (unpaired) electrons. The molecule has 0 heterocycles. The lowest BCUT2D eigenvalue weighted by molar-refractivity contribution is 0.0635. The number of rotatable bonds is 15. The molecule has 208 valence electrons. The summed E-state index contributed by atoms with van der Waals surface area (Å²) in [5.41, 5.74) is -0.656. The maximum absolute atomic E-state index is 14.4. The molecule has 0 spiro atoms. The molecule has 2 aromatic carbocycles. The first-order valence-corrected chi connectivity index (χ1v) is 13.0. The van der Waals surface area contributed by atoms with Crippen LogP contribution in [0.1, 0.15) is 47.9 Å². The van der Waals surface area contributed by atoms with Crippen molar-refractivity contribution in [2.75, 3.05) is 48.8 Å². The smallest absolute Gasteiger partial charge is 0.181 e. The Balaban J connectivity index is 2.85. The molecule has 38 heavy (non-hydrogen) atoms. The average molecular weight is 549 g/mol. The summed E-state index contributed by atoms with van der Waals surface area (Å²) in [5.74, 6) is -0.546. The zero-order chi connectivity index (χ0) is 28.6. The number of benzene rings is 2. The van der Waals surface area contributed by atoms with Crippen molar-refractivity contribution in [3.05, 3.63) is 35.4 Å². The molecule has 9 nitrogen and oxygen atoms in total. The number of Topliss-reactive ketones (excluding diaryl/α,β-unsaturated/α-hetero) is 2. The number of carbonyl (C=O) groups is 2. The Kier molecular flexibility index (Phi) is 11.0. The minimum absolute atomic E-state index is 0.00515. The van der Waals surface area contributed by atoms with Crippen LogP contribution in [0.2, 0.25) is 0 Å². The molecule has 0 saturated heterocycles. The number of methoxy groups -OCH3 is 6. The molecular weight excluding hydrogens is 511 g/mol. The number of ketones is 2. The van der Waals surface area contributed by atoms with Gasteiger partial charge in [0.1, 0.15) is 45.6 Å². The van der Waals surface area contributed by atoms with Gasteiger partial charge in [-0.2, -0.15) is 0 Å². The maximum atomic E-state index is 14.4. The molecular formula is C28H37O9P. The predicted octanol–water partition coefficient (Wildman–Crippen LogP) is 5.76. The largest absolute Gasteiger partial charge is 0.496 e. The van der Waals surface area contributed by atoms with E-state index in [0.29, 0.717) is 24.1 Å². The number of carbonyl (C=O) groups excluding carboxylic acids is 2. The molecule has 0 fully saturated rings. The van der Waals surface area contributed by atoms with Crippen LogP contribution in [0.3, 0.4) is 0 Å². The number of ether oxygens (including phenoxy) is 6. The third-order valence-corrected chi connectivity index (χ3v) is 7.26. The summed E-state index contributed by atoms with van der Waals surface area (Å²) in [6.45, 7) is 5.62. The number of hydrogen-bond donors (Lipinski definition) is 0. The minimum atomic E-state index is -1.21. The third-order valence-electron chi connectivity index (χ3n) is 6.49. The fraction of sp³-hybridized carbons (Fsp3) is 0.500. The van der Waals surface area contributed by atoms with E-state index in [1.807, 2.05) is 20.8 Å². The summed E-state index contributed by atoms with van der Waals surface area (Å²) in [4.78, 5) is 28.9. The highest BCUT2D eigenvalue weighted by Gasteiger charge is 2.45. The van der Waals surface area contributed by atoms with Crippen LogP contribution < -0.4 is 28.4 Å². The van der Waals surface area contributed by atoms with Gasteiger partial charge in [0.15, 0.2) is 20.0 Å². The molecule has 10 heteroatoms. The van der Waals surface area contributed by atoms with E-state index in [2.05, 4.69) is 0 Å². The monoisotopic (exact) mass is 548 g/mol. The van der Waals surface area contributed by atoms with Crippen molar-refractivity contribution in [3.63, 3.8) is 0 Å². The summed E-state index contributed by atoms with van der Waals surface area (Å²) >= 11 is 0. The minimum Gasteiger partial charge on any atom is -0.496 e. The molecule has 0 aromatic heterocycles. The van der Waals surface area contributed by atoms with E-state index in [0.717, 1.165) is 0 Å². The highest BCUT2D eigenvalue weighted by molar-refractivity contribution is 7.23. The highest BCUT2D eigenvalue weighted by Crippen LogP contribution is 2.46. The Hall–Kier alpha value is -3.32. The van der Waals surface area contributed by atoms with Gasteiger partial charge < -0.3 is 28.4 Å². The second kappa shape index (κ2) is 13.5. The molecule has 0 bridgehead atoms. The quantitative estimate of drug-likeness (QED) is 0.156. The topological polar surface area (TPSA) is 107 Å². The van der Waals surface area contributed by atoms with E-state index >= 15 is 0 Å². The molecule has 0 N–H and O–H groups in total. The predicted molar refractivity (Wildman–Crippen MR) is 144 cm³/mol. The van der Waals surface area contributed by atoms with E-state index in [1.165, 1.54) is 42.7 Å². The van der Waals surface area contributed by atoms with E-state index in [-0.39, 0.29) is 48.5 Å². The number of hydrogen-bond acceptors (Lipinski definition) is 9. The normalized spacial score (nSPS) is 12.2. The van der Waals surface area contributed by atoms with Gasteiger partial charge in [-0.3, -0.25) is 14.2 Å². The van der Waals surface area contributed by atoms with E-state index in [1.54, 1.807) is 24.3 Å². The van der Waals surface area contributed by atoms with Gasteiger partial charge in [0.25, 0.3) is 0 Å². The van der Waals surface area contributed by atoms with Gasteiger partial charge in [-0.1, -0.05) is 20.8 Å². The van der Waals surface area contributed by atoms with Crippen LogP contribution >= 0.6 is 8.46 Å². The lowest BCUT2D eigenvalue weighted by atomic mass is 9.67. The van der Waals surface area contributed by atoms with Crippen LogP contribution in [0.5, 0.6) is 34.5 Å². The fourth-order valence-corrected chi connectivity index (χ4v) is 5.21. The second-order valence-corrected chi connectivity index (χ2v) is 10.2. The Bertz CT molecular complexity index is 1030. The first-order valence-electron chi connectivity index (χ1n) is 12.0. The van der Waals surface area contributed by atoms with Gasteiger partial charge in [-0.05, 0) is 17.8 Å². The van der Waals surface area contributed by atoms with E-state index < -0.39 is 22.9 Å². The molecule has 0 amide bonds. The Morgan fingerprint density at radius 2 is 1.05 bits per heavy atom. The molecule has 0 aliphatic heterocycles. The average Bonchev–Trinajstić information content (AvgIpc) is 2.90. The van der Waals surface area contributed by atoms with Crippen LogP contribution in [-0.4, -0.2) is 60.4 Å². The van der Waals surface area contributed by atoms with Crippen molar-refractivity contribution in [2.24, 2.45) is 17.3 Å². The SMILES string of the molecule is COc1cc(OC)c(C(=O)C(C(=O)c2c(OC)cc(OC)cc2OC)C(C)(C)CC(C)CP=O)c(OC)c1. The van der Waals surface area contributed by atoms with Gasteiger partial charge in [-0.25, -0.2) is 0 Å². The molecule has 1 unspecified atom stereocenters. The van der Waals surface area contributed by atoms with Crippen molar-refractivity contribution >= 4 is 20.0 Å². The van der Waals surface area contributed by atoms with Crippen LogP contribution in [0, 0.1) is 17.3 Å². The Morgan fingerprint density at radius 3 is 1.32 bits per heavy atom. The van der Waals surface area contributed by atoms with Gasteiger partial charge in [-0.15, -0.1) is 0 Å². The lowest BCUT2D eigenvalue weighted by Crippen LogP contribution is -2.39. The fourth-order valence-electron chi connectivity index (χ4n) is 4.82. The molecule has 2 rings (SSSR count). The molecule has 0 saturated carbocycles. The van der Waals surface area contributed by atoms with Crippen LogP contribution in [0.15, 0.2) is 24.3 Å². The highest BCUT2D eigenvalue weighted by atomic mass is 31.1. The Morgan fingerprint density at radius 1 is 0.711 bits per heavy atom. The van der Waals surface area contributed by atoms with Gasteiger partial charge in [0.05, 0.1) is 48.6 Å². The van der Waals surface area contributed by atoms with E-state index in [9.17, 15) is 14.2 Å². The molecule has 0 aliphatic rings. The van der Waals surface area contributed by atoms with Crippen LogP contribution in [-0.2, 0) is 4.57 Å². The van der Waals surface area contributed by atoms with Gasteiger partial charge in [0.2, 0.25) is 0 Å². The second-order valence-electron chi connectivity index (χ2n) is 9.58. The first kappa shape index (κ1) is 30.9. The van der Waals surface area contributed by atoms with Crippen molar-refractivity contribution in [2.45, 2.75) is 27.2 Å². The van der Waals surface area contributed by atoms with Crippen molar-refractivity contribution in [1.29, 1.82) is 0 Å². The van der Waals surface area contributed by atoms with Crippen LogP contribution in [0.4, 0.5) is 0 Å². The standard InChI is InChI=1S/C28H37O9P/c1-16(15-38-31)14-28(2,3)25(26(29)23-19(34-6)10-17(32-4)11-20(23)35-7)27(30)24-21(36-8)12-18(33-5)13-22(24)37-9/h10-13,16,25H,14-15H2,1-9H3. The third kappa shape index (κ3) is 6.57. The molecule has 0 aliphatic carbocycles. The summed E-state index contributed by atoms with van der Waals surface area (Å²) in [6.07, 6.45) is 0.828. The molecule has 2 aromatic rings. The van der Waals surface area contributed by atoms with Crippen molar-refractivity contribution in [3.8, 4) is 34.5 Å². The summed E-state index contributed by atoms with van der Waals surface area (Å²) in [6, 6.07) is 6.27. The summed E-state index contributed by atoms with van der Waals surface area (Å²) < 4.78 is 44.1. The molecule has 1 atom stereocenters. The van der Waals surface area contributed by atoms with Gasteiger partial charge >= 0.3 is 0 Å². The van der Waals surface area contributed by atoms with Crippen molar-refractivity contribution in [1.82, 2.24) is 0 Å². The summed E-state index contributed by atoms with van der Waals surface area (Å²) in [5, 5.41) is 0. The zero-order valence-corrected chi connectivity index (χ0v) is 24.4. The van der Waals surface area contributed by atoms with Crippen molar-refractivity contribution < 1.29 is 42.6 Å². The maximum Gasteiger partial charge on any atom is 0.181 e. The zero-order valence-electron chi connectivity index (χ0n) is 23.5. The summed E-state index contributed by atoms with van der Waals surface area (Å²) in [7, 11) is 8.69. The van der Waals surface area contributed by atoms with E-state index in [4.69, 9.17) is 28.4 Å². The Labute approximate surface area is 225 Å². The first-order chi connectivity index (χ1) is 18.0. The lowest BCUT2D eigenvalue weighted by Gasteiger charge is -2.35. The van der Waals surface area contributed by atoms with Gasteiger partial charge in [0, 0.05) is 30.4 Å². The van der Waals surface area contributed by atoms with Crippen LogP contribution in [0.25, 0.3) is 0 Å².